The summed E-state index contributed by atoms with van der Waals surface area (Å²) in [5.41, 5.74) is 0. The summed E-state index contributed by atoms with van der Waals surface area (Å²) in [7, 11) is 2.24. The Bertz CT molecular complexity index is 153. The lowest BCUT2D eigenvalue weighted by molar-refractivity contribution is 0.177. The van der Waals surface area contributed by atoms with Crippen LogP contribution in [-0.4, -0.2) is 36.8 Å². The van der Waals surface area contributed by atoms with Crippen molar-refractivity contribution in [3.63, 3.8) is 0 Å². The molecule has 0 aromatic heterocycles. The van der Waals surface area contributed by atoms with Gasteiger partial charge >= 0.3 is 0 Å². The highest BCUT2D eigenvalue weighted by Crippen LogP contribution is 2.30. The van der Waals surface area contributed by atoms with Crippen molar-refractivity contribution in [2.75, 3.05) is 26.7 Å². The lowest BCUT2D eigenvalue weighted by atomic mass is 9.80. The van der Waals surface area contributed by atoms with E-state index >= 15 is 0 Å². The number of hydrogen-bond donors (Lipinski definition) is 1. The van der Waals surface area contributed by atoms with Gasteiger partial charge < -0.3 is 10.0 Å². The second-order valence-corrected chi connectivity index (χ2v) is 5.16. The molecule has 0 atom stereocenters. The average Bonchev–Trinajstić information content (AvgIpc) is 2.22. The normalized spacial score (nSPS) is 27.2. The zero-order valence-corrected chi connectivity index (χ0v) is 10.4. The Hall–Kier alpha value is -0.0800. The van der Waals surface area contributed by atoms with Crippen LogP contribution in [0.1, 0.15) is 45.4 Å². The summed E-state index contributed by atoms with van der Waals surface area (Å²) in [5.74, 6) is 1.72. The van der Waals surface area contributed by atoms with Crippen LogP contribution >= 0.6 is 0 Å². The van der Waals surface area contributed by atoms with Crippen LogP contribution in [0, 0.1) is 11.8 Å². The second-order valence-electron chi connectivity index (χ2n) is 5.16. The van der Waals surface area contributed by atoms with Crippen molar-refractivity contribution in [3.05, 3.63) is 0 Å². The number of hydrogen-bond acceptors (Lipinski definition) is 2. The van der Waals surface area contributed by atoms with Crippen molar-refractivity contribution in [2.24, 2.45) is 11.8 Å². The van der Waals surface area contributed by atoms with Crippen molar-refractivity contribution in [1.82, 2.24) is 4.90 Å². The van der Waals surface area contributed by atoms with Gasteiger partial charge in [-0.3, -0.25) is 0 Å². The van der Waals surface area contributed by atoms with Crippen LogP contribution in [-0.2, 0) is 0 Å². The van der Waals surface area contributed by atoms with Crippen molar-refractivity contribution in [2.45, 2.75) is 45.4 Å². The van der Waals surface area contributed by atoms with Crippen LogP contribution in [0.3, 0.4) is 0 Å². The quantitative estimate of drug-likeness (QED) is 0.733. The minimum absolute atomic E-state index is 0.380. The predicted octanol–water partition coefficient (Wildman–Crippen LogP) is 2.52. The molecular formula is C13H27NO. The number of aliphatic hydroxyl groups is 1. The summed E-state index contributed by atoms with van der Waals surface area (Å²) in [4.78, 5) is 2.47. The van der Waals surface area contributed by atoms with Gasteiger partial charge in [0.25, 0.3) is 0 Å². The number of nitrogens with zero attached hydrogens (tertiary/aromatic N) is 1. The minimum atomic E-state index is 0.380. The first-order valence-electron chi connectivity index (χ1n) is 6.55. The molecule has 1 aliphatic carbocycles. The second kappa shape index (κ2) is 7.24. The van der Waals surface area contributed by atoms with Gasteiger partial charge in [0.05, 0.1) is 0 Å². The molecule has 1 fully saturated rings. The molecule has 0 aromatic carbocycles. The van der Waals surface area contributed by atoms with E-state index in [1.807, 2.05) is 0 Å². The highest BCUT2D eigenvalue weighted by atomic mass is 16.3. The standard InChI is InChI=1S/C13H27NO/c1-3-9-14(2)11-13-6-4-12(5-7-13)8-10-15/h12-13,15H,3-11H2,1-2H3. The van der Waals surface area contributed by atoms with E-state index in [-0.39, 0.29) is 0 Å². The largest absolute Gasteiger partial charge is 0.396 e. The van der Waals surface area contributed by atoms with Crippen LogP contribution in [0.4, 0.5) is 0 Å². The lowest BCUT2D eigenvalue weighted by Gasteiger charge is -2.31. The van der Waals surface area contributed by atoms with Gasteiger partial charge in [0.1, 0.15) is 0 Å². The molecule has 0 spiro atoms. The summed E-state index contributed by atoms with van der Waals surface area (Å²) < 4.78 is 0. The van der Waals surface area contributed by atoms with E-state index in [0.717, 1.165) is 18.3 Å². The summed E-state index contributed by atoms with van der Waals surface area (Å²) >= 11 is 0. The molecule has 90 valence electrons. The van der Waals surface area contributed by atoms with Gasteiger partial charge in [-0.05, 0) is 51.1 Å². The molecule has 0 saturated heterocycles. The van der Waals surface area contributed by atoms with E-state index in [9.17, 15) is 0 Å². The van der Waals surface area contributed by atoms with Gasteiger partial charge in [-0.2, -0.15) is 0 Å². The maximum absolute atomic E-state index is 8.89. The summed E-state index contributed by atoms with van der Waals surface area (Å²) in [5, 5.41) is 8.89. The molecule has 1 aliphatic rings. The van der Waals surface area contributed by atoms with Crippen LogP contribution in [0.5, 0.6) is 0 Å². The zero-order chi connectivity index (χ0) is 11.1. The molecule has 15 heavy (non-hydrogen) atoms. The van der Waals surface area contributed by atoms with Gasteiger partial charge in [-0.1, -0.05) is 19.8 Å². The molecule has 1 saturated carbocycles. The Kier molecular flexibility index (Phi) is 6.26. The first-order valence-corrected chi connectivity index (χ1v) is 6.55. The van der Waals surface area contributed by atoms with E-state index in [0.29, 0.717) is 6.61 Å². The zero-order valence-electron chi connectivity index (χ0n) is 10.4. The maximum atomic E-state index is 8.89. The molecule has 2 nitrogen and oxygen atoms in total. The summed E-state index contributed by atoms with van der Waals surface area (Å²) in [6, 6.07) is 0. The molecular weight excluding hydrogens is 186 g/mol. The minimum Gasteiger partial charge on any atom is -0.396 e. The Balaban J connectivity index is 2.14. The molecule has 0 radical (unpaired) electrons. The van der Waals surface area contributed by atoms with Gasteiger partial charge in [0, 0.05) is 13.2 Å². The van der Waals surface area contributed by atoms with Gasteiger partial charge in [-0.15, -0.1) is 0 Å². The van der Waals surface area contributed by atoms with E-state index < -0.39 is 0 Å². The molecule has 1 rings (SSSR count). The average molecular weight is 213 g/mol. The summed E-state index contributed by atoms with van der Waals surface area (Å²) in [6.45, 7) is 5.13. The predicted molar refractivity (Wildman–Crippen MR) is 64.9 cm³/mol. The van der Waals surface area contributed by atoms with Crippen molar-refractivity contribution >= 4 is 0 Å². The molecule has 1 N–H and O–H groups in total. The lowest BCUT2D eigenvalue weighted by Crippen LogP contribution is -2.29. The third-order valence-corrected chi connectivity index (χ3v) is 3.68. The third-order valence-electron chi connectivity index (χ3n) is 3.68. The molecule has 0 aliphatic heterocycles. The van der Waals surface area contributed by atoms with Crippen molar-refractivity contribution in [1.29, 1.82) is 0 Å². The maximum Gasteiger partial charge on any atom is 0.0433 e. The molecule has 0 aromatic rings. The molecule has 0 heterocycles. The monoisotopic (exact) mass is 213 g/mol. The van der Waals surface area contributed by atoms with Crippen LogP contribution in [0.2, 0.25) is 0 Å². The van der Waals surface area contributed by atoms with E-state index in [1.54, 1.807) is 0 Å². The van der Waals surface area contributed by atoms with Crippen LogP contribution in [0.25, 0.3) is 0 Å². The summed E-state index contributed by atoms with van der Waals surface area (Å²) in [6.07, 6.45) is 7.71. The highest BCUT2D eigenvalue weighted by Gasteiger charge is 2.21. The Labute approximate surface area is 94.7 Å². The first kappa shape index (κ1) is 13.0. The van der Waals surface area contributed by atoms with Gasteiger partial charge in [0.15, 0.2) is 0 Å². The molecule has 0 unspecified atom stereocenters. The Morgan fingerprint density at radius 1 is 1.13 bits per heavy atom. The van der Waals surface area contributed by atoms with E-state index in [2.05, 4.69) is 18.9 Å². The fourth-order valence-corrected chi connectivity index (χ4v) is 2.80. The first-order chi connectivity index (χ1) is 7.26. The van der Waals surface area contributed by atoms with Crippen molar-refractivity contribution < 1.29 is 5.11 Å². The highest BCUT2D eigenvalue weighted by molar-refractivity contribution is 4.74. The molecule has 0 amide bonds. The smallest absolute Gasteiger partial charge is 0.0433 e. The fourth-order valence-electron chi connectivity index (χ4n) is 2.80. The molecule has 0 bridgehead atoms. The van der Waals surface area contributed by atoms with Gasteiger partial charge in [0.2, 0.25) is 0 Å². The van der Waals surface area contributed by atoms with Crippen molar-refractivity contribution in [3.8, 4) is 0 Å². The van der Waals surface area contributed by atoms with Crippen LogP contribution < -0.4 is 0 Å². The SMILES string of the molecule is CCCN(C)CC1CCC(CCO)CC1. The third kappa shape index (κ3) is 4.98. The fraction of sp³-hybridized carbons (Fsp3) is 1.00. The van der Waals surface area contributed by atoms with Crippen LogP contribution in [0.15, 0.2) is 0 Å². The number of aliphatic hydroxyl groups excluding tert-OH is 1. The topological polar surface area (TPSA) is 23.5 Å². The Morgan fingerprint density at radius 3 is 2.27 bits per heavy atom. The van der Waals surface area contributed by atoms with E-state index in [1.165, 1.54) is 45.2 Å². The molecule has 2 heteroatoms. The number of rotatable bonds is 6. The Morgan fingerprint density at radius 2 is 1.73 bits per heavy atom. The van der Waals surface area contributed by atoms with E-state index in [4.69, 9.17) is 5.11 Å². The van der Waals surface area contributed by atoms with Gasteiger partial charge in [-0.25, -0.2) is 0 Å².